The van der Waals surface area contributed by atoms with Crippen molar-refractivity contribution < 1.29 is 4.74 Å². The summed E-state index contributed by atoms with van der Waals surface area (Å²) in [7, 11) is 0. The Balaban J connectivity index is 2.23. The van der Waals surface area contributed by atoms with Crippen LogP contribution in [0, 0.1) is 5.41 Å². The quantitative estimate of drug-likeness (QED) is 0.777. The van der Waals surface area contributed by atoms with Crippen LogP contribution in [0.15, 0.2) is 54.6 Å². The molecule has 0 bridgehead atoms. The Bertz CT molecular complexity index is 520. The molecule has 0 saturated carbocycles. The van der Waals surface area contributed by atoms with Crippen molar-refractivity contribution in [2.45, 2.75) is 13.8 Å². The molecule has 0 N–H and O–H groups in total. The summed E-state index contributed by atoms with van der Waals surface area (Å²) >= 11 is 4.36. The van der Waals surface area contributed by atoms with Crippen LogP contribution in [0.25, 0.3) is 11.1 Å². The standard InChI is InChI=1S/C17H20OS/c1-17(2,13-19)12-18-16-11-7-6-10-15(16)14-8-4-3-5-9-14/h3-11,19H,12-13H2,1-2H3. The highest BCUT2D eigenvalue weighted by Crippen LogP contribution is 2.31. The Morgan fingerprint density at radius 3 is 2.26 bits per heavy atom. The fourth-order valence-electron chi connectivity index (χ4n) is 1.77. The van der Waals surface area contributed by atoms with E-state index in [0.29, 0.717) is 6.61 Å². The highest BCUT2D eigenvalue weighted by molar-refractivity contribution is 7.80. The second-order valence-electron chi connectivity index (χ2n) is 5.47. The maximum atomic E-state index is 6.00. The first kappa shape index (κ1) is 14.0. The van der Waals surface area contributed by atoms with Gasteiger partial charge in [-0.3, -0.25) is 0 Å². The molecule has 2 heteroatoms. The van der Waals surface area contributed by atoms with Crippen molar-refractivity contribution in [1.29, 1.82) is 0 Å². The van der Waals surface area contributed by atoms with Crippen LogP contribution in [-0.2, 0) is 0 Å². The molecule has 0 aliphatic rings. The van der Waals surface area contributed by atoms with Gasteiger partial charge in [0.1, 0.15) is 5.75 Å². The number of benzene rings is 2. The van der Waals surface area contributed by atoms with Gasteiger partial charge in [0.05, 0.1) is 6.61 Å². The highest BCUT2D eigenvalue weighted by atomic mass is 32.1. The molecular formula is C17H20OS. The normalized spacial score (nSPS) is 11.3. The number of thiol groups is 1. The lowest BCUT2D eigenvalue weighted by Crippen LogP contribution is -2.23. The molecule has 0 spiro atoms. The van der Waals surface area contributed by atoms with Gasteiger partial charge in [0.2, 0.25) is 0 Å². The van der Waals surface area contributed by atoms with E-state index in [1.807, 2.05) is 36.4 Å². The van der Waals surface area contributed by atoms with Crippen LogP contribution in [0.1, 0.15) is 13.8 Å². The number of ether oxygens (including phenoxy) is 1. The van der Waals surface area contributed by atoms with Crippen LogP contribution in [0.4, 0.5) is 0 Å². The van der Waals surface area contributed by atoms with Crippen LogP contribution in [-0.4, -0.2) is 12.4 Å². The van der Waals surface area contributed by atoms with E-state index >= 15 is 0 Å². The molecule has 100 valence electrons. The first-order chi connectivity index (χ1) is 9.12. The predicted octanol–water partition coefficient (Wildman–Crippen LogP) is 4.69. The minimum Gasteiger partial charge on any atom is -0.492 e. The summed E-state index contributed by atoms with van der Waals surface area (Å²) in [5.41, 5.74) is 2.40. The second kappa shape index (κ2) is 6.16. The molecule has 2 aromatic rings. The zero-order valence-electron chi connectivity index (χ0n) is 11.5. The topological polar surface area (TPSA) is 9.23 Å². The first-order valence-electron chi connectivity index (χ1n) is 6.50. The van der Waals surface area contributed by atoms with Gasteiger partial charge >= 0.3 is 0 Å². The van der Waals surface area contributed by atoms with Gasteiger partial charge in [-0.1, -0.05) is 62.4 Å². The number of rotatable bonds is 5. The molecule has 2 aromatic carbocycles. The first-order valence-corrected chi connectivity index (χ1v) is 7.14. The Morgan fingerprint density at radius 1 is 0.947 bits per heavy atom. The highest BCUT2D eigenvalue weighted by Gasteiger charge is 2.17. The summed E-state index contributed by atoms with van der Waals surface area (Å²) in [6.45, 7) is 4.98. The summed E-state index contributed by atoms with van der Waals surface area (Å²) in [5, 5.41) is 0. The van der Waals surface area contributed by atoms with E-state index in [0.717, 1.165) is 17.1 Å². The lowest BCUT2D eigenvalue weighted by Gasteiger charge is -2.23. The monoisotopic (exact) mass is 272 g/mol. The maximum Gasteiger partial charge on any atom is 0.127 e. The zero-order chi connectivity index (χ0) is 13.7. The molecule has 1 nitrogen and oxygen atoms in total. The fraction of sp³-hybridized carbons (Fsp3) is 0.294. The molecule has 0 atom stereocenters. The maximum absolute atomic E-state index is 6.00. The van der Waals surface area contributed by atoms with E-state index in [9.17, 15) is 0 Å². The molecule has 0 saturated heterocycles. The Hall–Kier alpha value is -1.41. The van der Waals surface area contributed by atoms with Gasteiger partial charge < -0.3 is 4.74 Å². The van der Waals surface area contributed by atoms with Crippen LogP contribution < -0.4 is 4.74 Å². The third-order valence-corrected chi connectivity index (χ3v) is 3.87. The van der Waals surface area contributed by atoms with E-state index in [1.54, 1.807) is 0 Å². The van der Waals surface area contributed by atoms with E-state index in [-0.39, 0.29) is 5.41 Å². The Kier molecular flexibility index (Phi) is 4.54. The molecular weight excluding hydrogens is 252 g/mol. The number of para-hydroxylation sites is 1. The van der Waals surface area contributed by atoms with E-state index in [4.69, 9.17) is 4.74 Å². The predicted molar refractivity (Wildman–Crippen MR) is 85.0 cm³/mol. The SMILES string of the molecule is CC(C)(CS)COc1ccccc1-c1ccccc1. The molecule has 0 amide bonds. The Labute approximate surface area is 121 Å². The lowest BCUT2D eigenvalue weighted by molar-refractivity contribution is 0.203. The smallest absolute Gasteiger partial charge is 0.127 e. The van der Waals surface area contributed by atoms with Gasteiger partial charge in [-0.2, -0.15) is 12.6 Å². The van der Waals surface area contributed by atoms with E-state index in [2.05, 4.69) is 44.7 Å². The fourth-order valence-corrected chi connectivity index (χ4v) is 1.86. The minimum atomic E-state index is 0.0763. The van der Waals surface area contributed by atoms with Gasteiger partial charge in [-0.15, -0.1) is 0 Å². The molecule has 0 aliphatic carbocycles. The Morgan fingerprint density at radius 2 is 1.58 bits per heavy atom. The van der Waals surface area contributed by atoms with Crippen LogP contribution >= 0.6 is 12.6 Å². The molecule has 0 fully saturated rings. The number of hydrogen-bond donors (Lipinski definition) is 1. The van der Waals surface area contributed by atoms with Crippen LogP contribution in [0.3, 0.4) is 0 Å². The average Bonchev–Trinajstić information content (AvgIpc) is 2.46. The minimum absolute atomic E-state index is 0.0763. The summed E-state index contributed by atoms with van der Waals surface area (Å²) in [5.74, 6) is 1.74. The van der Waals surface area contributed by atoms with Gasteiger partial charge in [-0.05, 0) is 17.4 Å². The van der Waals surface area contributed by atoms with E-state index < -0.39 is 0 Å². The van der Waals surface area contributed by atoms with Crippen molar-refractivity contribution in [2.24, 2.45) is 5.41 Å². The van der Waals surface area contributed by atoms with E-state index in [1.165, 1.54) is 5.56 Å². The van der Waals surface area contributed by atoms with Crippen LogP contribution in [0.2, 0.25) is 0 Å². The van der Waals surface area contributed by atoms with Crippen molar-refractivity contribution in [3.63, 3.8) is 0 Å². The molecule has 0 aromatic heterocycles. The van der Waals surface area contributed by atoms with Gasteiger partial charge in [0.15, 0.2) is 0 Å². The summed E-state index contributed by atoms with van der Waals surface area (Å²) in [6.07, 6.45) is 0. The molecule has 0 radical (unpaired) electrons. The molecule has 2 rings (SSSR count). The summed E-state index contributed by atoms with van der Waals surface area (Å²) < 4.78 is 6.00. The number of hydrogen-bond acceptors (Lipinski definition) is 2. The third-order valence-electron chi connectivity index (χ3n) is 3.02. The average molecular weight is 272 g/mol. The molecule has 0 heterocycles. The molecule has 0 unspecified atom stereocenters. The van der Waals surface area contributed by atoms with Crippen molar-refractivity contribution in [3.8, 4) is 16.9 Å². The summed E-state index contributed by atoms with van der Waals surface area (Å²) in [6, 6.07) is 18.5. The molecule has 19 heavy (non-hydrogen) atoms. The van der Waals surface area contributed by atoms with Gasteiger partial charge in [0.25, 0.3) is 0 Å². The van der Waals surface area contributed by atoms with Crippen molar-refractivity contribution in [3.05, 3.63) is 54.6 Å². The van der Waals surface area contributed by atoms with Crippen molar-refractivity contribution in [2.75, 3.05) is 12.4 Å². The zero-order valence-corrected chi connectivity index (χ0v) is 12.4. The van der Waals surface area contributed by atoms with Gasteiger partial charge in [-0.25, -0.2) is 0 Å². The van der Waals surface area contributed by atoms with Gasteiger partial charge in [0, 0.05) is 11.0 Å². The summed E-state index contributed by atoms with van der Waals surface area (Å²) in [4.78, 5) is 0. The second-order valence-corrected chi connectivity index (χ2v) is 5.79. The third kappa shape index (κ3) is 3.77. The largest absolute Gasteiger partial charge is 0.492 e. The van der Waals surface area contributed by atoms with Crippen molar-refractivity contribution in [1.82, 2.24) is 0 Å². The lowest BCUT2D eigenvalue weighted by atomic mass is 9.98. The molecule has 0 aliphatic heterocycles. The van der Waals surface area contributed by atoms with Crippen LogP contribution in [0.5, 0.6) is 5.75 Å². The van der Waals surface area contributed by atoms with Crippen molar-refractivity contribution >= 4 is 12.6 Å².